The Morgan fingerprint density at radius 3 is 2.38 bits per heavy atom. The van der Waals surface area contributed by atoms with Gasteiger partial charge in [0.15, 0.2) is 0 Å². The van der Waals surface area contributed by atoms with Crippen molar-refractivity contribution in [2.24, 2.45) is 11.7 Å². The molecule has 13 heavy (non-hydrogen) atoms. The second-order valence-corrected chi connectivity index (χ2v) is 4.11. The third kappa shape index (κ3) is 3.35. The molecule has 3 nitrogen and oxygen atoms in total. The lowest BCUT2D eigenvalue weighted by Gasteiger charge is -2.26. The highest BCUT2D eigenvalue weighted by molar-refractivity contribution is 5.75. The largest absolute Gasteiger partial charge is 0.461 e. The molecule has 2 N–H and O–H groups in total. The summed E-state index contributed by atoms with van der Waals surface area (Å²) in [5, 5.41) is 0. The zero-order valence-electron chi connectivity index (χ0n) is 8.45. The van der Waals surface area contributed by atoms with Crippen molar-refractivity contribution >= 4 is 5.97 Å². The number of carbonyl (C=O) groups excluding carboxylic acids is 1. The molecule has 0 aliphatic heterocycles. The maximum Gasteiger partial charge on any atom is 0.322 e. The van der Waals surface area contributed by atoms with Gasteiger partial charge in [-0.2, -0.15) is 0 Å². The Morgan fingerprint density at radius 1 is 1.38 bits per heavy atom. The summed E-state index contributed by atoms with van der Waals surface area (Å²) in [7, 11) is 0. The van der Waals surface area contributed by atoms with Gasteiger partial charge in [0.2, 0.25) is 0 Å². The molecular weight excluding hydrogens is 166 g/mol. The van der Waals surface area contributed by atoms with Gasteiger partial charge in [0.25, 0.3) is 0 Å². The summed E-state index contributed by atoms with van der Waals surface area (Å²) in [5.41, 5.74) is 5.41. The Morgan fingerprint density at radius 2 is 1.92 bits per heavy atom. The highest BCUT2D eigenvalue weighted by Gasteiger charge is 2.22. The molecule has 0 bridgehead atoms. The molecule has 1 rings (SSSR count). The minimum Gasteiger partial charge on any atom is -0.461 e. The highest BCUT2D eigenvalue weighted by Crippen LogP contribution is 2.25. The molecule has 1 saturated carbocycles. The number of hydrogen-bond acceptors (Lipinski definition) is 3. The number of nitrogens with two attached hydrogens (primary N) is 1. The van der Waals surface area contributed by atoms with Crippen molar-refractivity contribution in [1.29, 1.82) is 0 Å². The van der Waals surface area contributed by atoms with Crippen LogP contribution in [0.15, 0.2) is 0 Å². The topological polar surface area (TPSA) is 52.3 Å². The molecular formula is C10H19NO2. The van der Waals surface area contributed by atoms with E-state index < -0.39 is 6.04 Å². The van der Waals surface area contributed by atoms with E-state index in [9.17, 15) is 4.79 Å². The van der Waals surface area contributed by atoms with Crippen molar-refractivity contribution in [1.82, 2.24) is 0 Å². The van der Waals surface area contributed by atoms with Crippen molar-refractivity contribution in [2.45, 2.75) is 51.7 Å². The van der Waals surface area contributed by atoms with Gasteiger partial charge in [0.05, 0.1) is 0 Å². The molecule has 1 aliphatic carbocycles. The van der Waals surface area contributed by atoms with Gasteiger partial charge in [0, 0.05) is 0 Å². The maximum absolute atomic E-state index is 11.1. The quantitative estimate of drug-likeness (QED) is 0.662. The van der Waals surface area contributed by atoms with Crippen LogP contribution in [-0.4, -0.2) is 18.1 Å². The normalized spacial score (nSPS) is 31.0. The van der Waals surface area contributed by atoms with E-state index in [-0.39, 0.29) is 12.1 Å². The molecule has 0 spiro atoms. The van der Waals surface area contributed by atoms with E-state index in [1.54, 1.807) is 6.92 Å². The van der Waals surface area contributed by atoms with Gasteiger partial charge in [-0.05, 0) is 38.5 Å². The smallest absolute Gasteiger partial charge is 0.322 e. The molecule has 0 saturated heterocycles. The lowest BCUT2D eigenvalue weighted by molar-refractivity contribution is -0.152. The van der Waals surface area contributed by atoms with Crippen LogP contribution >= 0.6 is 0 Å². The molecule has 0 amide bonds. The summed E-state index contributed by atoms with van der Waals surface area (Å²) in [6.07, 6.45) is 4.45. The molecule has 3 heteroatoms. The summed E-state index contributed by atoms with van der Waals surface area (Å²) >= 11 is 0. The fraction of sp³-hybridized carbons (Fsp3) is 0.900. The van der Waals surface area contributed by atoms with Gasteiger partial charge in [-0.25, -0.2) is 0 Å². The summed E-state index contributed by atoms with van der Waals surface area (Å²) in [6.45, 7) is 3.90. The van der Waals surface area contributed by atoms with Crippen LogP contribution in [0.5, 0.6) is 0 Å². The first kappa shape index (κ1) is 10.5. The van der Waals surface area contributed by atoms with Crippen molar-refractivity contribution in [3.05, 3.63) is 0 Å². The van der Waals surface area contributed by atoms with Crippen LogP contribution < -0.4 is 5.73 Å². The minimum atomic E-state index is -0.487. The summed E-state index contributed by atoms with van der Waals surface area (Å²) in [4.78, 5) is 11.1. The molecule has 0 aromatic rings. The fourth-order valence-corrected chi connectivity index (χ4v) is 1.62. The molecule has 1 fully saturated rings. The third-order valence-corrected chi connectivity index (χ3v) is 2.62. The molecule has 76 valence electrons. The van der Waals surface area contributed by atoms with E-state index in [4.69, 9.17) is 10.5 Å². The predicted octanol–water partition coefficient (Wildman–Crippen LogP) is 1.46. The van der Waals surface area contributed by atoms with Crippen LogP contribution in [-0.2, 0) is 9.53 Å². The van der Waals surface area contributed by atoms with E-state index in [0.717, 1.165) is 31.6 Å². The van der Waals surface area contributed by atoms with E-state index in [2.05, 4.69) is 6.92 Å². The van der Waals surface area contributed by atoms with E-state index in [0.29, 0.717) is 0 Å². The third-order valence-electron chi connectivity index (χ3n) is 2.62. The number of ether oxygens (including phenoxy) is 1. The molecule has 0 heterocycles. The van der Waals surface area contributed by atoms with E-state index >= 15 is 0 Å². The van der Waals surface area contributed by atoms with Crippen molar-refractivity contribution in [2.75, 3.05) is 0 Å². The highest BCUT2D eigenvalue weighted by atomic mass is 16.5. The van der Waals surface area contributed by atoms with Gasteiger partial charge in [-0.15, -0.1) is 0 Å². The first-order chi connectivity index (χ1) is 6.09. The Labute approximate surface area is 79.6 Å². The number of hydrogen-bond donors (Lipinski definition) is 1. The number of carbonyl (C=O) groups is 1. The molecule has 1 atom stereocenters. The first-order valence-electron chi connectivity index (χ1n) is 5.05. The van der Waals surface area contributed by atoms with Gasteiger partial charge in [-0.3, -0.25) is 4.79 Å². The maximum atomic E-state index is 11.1. The van der Waals surface area contributed by atoms with Crippen LogP contribution in [0.4, 0.5) is 0 Å². The van der Waals surface area contributed by atoms with E-state index in [1.165, 1.54) is 0 Å². The minimum absolute atomic E-state index is 0.120. The SMILES string of the molecule is C[C@H](N)C(=O)O[C@H]1CC[C@H](C)CC1. The predicted molar refractivity (Wildman–Crippen MR) is 51.2 cm³/mol. The van der Waals surface area contributed by atoms with Crippen LogP contribution in [0.1, 0.15) is 39.5 Å². The van der Waals surface area contributed by atoms with Crippen LogP contribution in [0.3, 0.4) is 0 Å². The fourth-order valence-electron chi connectivity index (χ4n) is 1.62. The Hall–Kier alpha value is -0.570. The van der Waals surface area contributed by atoms with Gasteiger partial charge < -0.3 is 10.5 Å². The lowest BCUT2D eigenvalue weighted by Crippen LogP contribution is -2.33. The standard InChI is InChI=1S/C10H19NO2/c1-7-3-5-9(6-4-7)13-10(12)8(2)11/h7-9H,3-6,11H2,1-2H3/t7-,8-,9-/m0/s1. The Balaban J connectivity index is 2.26. The molecule has 0 unspecified atom stereocenters. The average molecular weight is 185 g/mol. The summed E-state index contributed by atoms with van der Waals surface area (Å²) in [5.74, 6) is 0.518. The Bertz CT molecular complexity index is 172. The Kier molecular flexibility index (Phi) is 3.72. The van der Waals surface area contributed by atoms with Gasteiger partial charge in [-0.1, -0.05) is 6.92 Å². The van der Waals surface area contributed by atoms with Gasteiger partial charge in [0.1, 0.15) is 12.1 Å². The number of rotatable bonds is 2. The van der Waals surface area contributed by atoms with Gasteiger partial charge >= 0.3 is 5.97 Å². The zero-order chi connectivity index (χ0) is 9.84. The second-order valence-electron chi connectivity index (χ2n) is 4.11. The summed E-state index contributed by atoms with van der Waals surface area (Å²) in [6, 6.07) is -0.487. The lowest BCUT2D eigenvalue weighted by atomic mass is 9.89. The van der Waals surface area contributed by atoms with Crippen molar-refractivity contribution < 1.29 is 9.53 Å². The van der Waals surface area contributed by atoms with Crippen LogP contribution in [0.2, 0.25) is 0 Å². The van der Waals surface area contributed by atoms with Crippen molar-refractivity contribution in [3.63, 3.8) is 0 Å². The number of esters is 1. The summed E-state index contributed by atoms with van der Waals surface area (Å²) < 4.78 is 5.24. The molecule has 1 aliphatic rings. The second kappa shape index (κ2) is 4.61. The monoisotopic (exact) mass is 185 g/mol. The van der Waals surface area contributed by atoms with E-state index in [1.807, 2.05) is 0 Å². The zero-order valence-corrected chi connectivity index (χ0v) is 8.45. The average Bonchev–Trinajstić information content (AvgIpc) is 2.08. The molecule has 0 aromatic heterocycles. The van der Waals surface area contributed by atoms with Crippen LogP contribution in [0.25, 0.3) is 0 Å². The van der Waals surface area contributed by atoms with Crippen LogP contribution in [0, 0.1) is 5.92 Å². The molecule has 0 radical (unpaired) electrons. The first-order valence-corrected chi connectivity index (χ1v) is 5.05. The molecule has 0 aromatic carbocycles. The van der Waals surface area contributed by atoms with Crippen molar-refractivity contribution in [3.8, 4) is 0 Å².